The van der Waals surface area contributed by atoms with Gasteiger partial charge in [-0.3, -0.25) is 0 Å². The number of hydrogen-bond acceptors (Lipinski definition) is 6. The van der Waals surface area contributed by atoms with E-state index in [0.717, 1.165) is 16.5 Å². The minimum Gasteiger partial charge on any atom is -0.445 e. The molecule has 1 atom stereocenters. The Bertz CT molecular complexity index is 1140. The van der Waals surface area contributed by atoms with Crippen LogP contribution in [0.1, 0.15) is 36.5 Å². The Morgan fingerprint density at radius 1 is 1.06 bits per heavy atom. The number of alkyl carbamates (subject to hydrolysis) is 1. The molecule has 7 heteroatoms. The zero-order chi connectivity index (χ0) is 22.4. The molecule has 0 radical (unpaired) electrons. The van der Waals surface area contributed by atoms with Crippen LogP contribution in [0.2, 0.25) is 0 Å². The van der Waals surface area contributed by atoms with Crippen LogP contribution in [0, 0.1) is 13.8 Å². The number of aryl methyl sites for hydroxylation is 1. The Morgan fingerprint density at radius 2 is 1.81 bits per heavy atom. The number of rotatable bonds is 7. The van der Waals surface area contributed by atoms with Gasteiger partial charge in [-0.15, -0.1) is 0 Å². The van der Waals surface area contributed by atoms with Gasteiger partial charge in [0.15, 0.2) is 0 Å². The van der Waals surface area contributed by atoms with Crippen molar-refractivity contribution in [2.24, 2.45) is 0 Å². The molecule has 3 aromatic rings. The van der Waals surface area contributed by atoms with Crippen LogP contribution in [0.25, 0.3) is 11.0 Å². The molecule has 0 aliphatic carbocycles. The standard InChI is InChI=1S/C24H25NO6/c1-4-8-20(25-24(28)29-14-17-9-6-5-7-10-17)23(27)30-18-11-12-19-15(2)16(3)22(26)31-21(19)13-18/h5-7,9-13,20H,4,8,14H2,1-3H3,(H,25,28)/t20-/m0/s1. The van der Waals surface area contributed by atoms with Crippen molar-refractivity contribution in [1.82, 2.24) is 5.32 Å². The number of nitrogens with one attached hydrogen (secondary N) is 1. The minimum absolute atomic E-state index is 0.100. The van der Waals surface area contributed by atoms with Crippen LogP contribution in [-0.2, 0) is 16.1 Å². The molecule has 0 aliphatic heterocycles. The van der Waals surface area contributed by atoms with E-state index < -0.39 is 23.7 Å². The van der Waals surface area contributed by atoms with Crippen molar-refractivity contribution in [3.63, 3.8) is 0 Å². The topological polar surface area (TPSA) is 94.8 Å². The van der Waals surface area contributed by atoms with Gasteiger partial charge in [-0.2, -0.15) is 0 Å². The predicted molar refractivity (Wildman–Crippen MR) is 116 cm³/mol. The summed E-state index contributed by atoms with van der Waals surface area (Å²) in [6.45, 7) is 5.53. The predicted octanol–water partition coefficient (Wildman–Crippen LogP) is 4.41. The van der Waals surface area contributed by atoms with Crippen LogP contribution in [0.15, 0.2) is 57.7 Å². The van der Waals surface area contributed by atoms with E-state index in [2.05, 4.69) is 5.32 Å². The first-order valence-electron chi connectivity index (χ1n) is 10.1. The second-order valence-electron chi connectivity index (χ2n) is 7.27. The lowest BCUT2D eigenvalue weighted by atomic mass is 10.1. The summed E-state index contributed by atoms with van der Waals surface area (Å²) in [5.74, 6) is -0.395. The molecule has 0 saturated heterocycles. The maximum absolute atomic E-state index is 12.7. The summed E-state index contributed by atoms with van der Waals surface area (Å²) < 4.78 is 15.9. The van der Waals surface area contributed by atoms with Gasteiger partial charge in [0.2, 0.25) is 0 Å². The van der Waals surface area contributed by atoms with Crippen LogP contribution < -0.4 is 15.7 Å². The van der Waals surface area contributed by atoms with E-state index in [1.807, 2.05) is 44.2 Å². The summed E-state index contributed by atoms with van der Waals surface area (Å²) in [5.41, 5.74) is 2.10. The van der Waals surface area contributed by atoms with Crippen molar-refractivity contribution >= 4 is 23.0 Å². The van der Waals surface area contributed by atoms with E-state index in [1.54, 1.807) is 19.1 Å². The van der Waals surface area contributed by atoms with Gasteiger partial charge in [0, 0.05) is 17.0 Å². The lowest BCUT2D eigenvalue weighted by molar-refractivity contribution is -0.136. The fraction of sp³-hybridized carbons (Fsp3) is 0.292. The number of esters is 1. The highest BCUT2D eigenvalue weighted by molar-refractivity contribution is 5.85. The van der Waals surface area contributed by atoms with E-state index in [4.69, 9.17) is 13.9 Å². The molecular formula is C24H25NO6. The van der Waals surface area contributed by atoms with Gasteiger partial charge in [-0.05, 0) is 43.5 Å². The molecule has 0 bridgehead atoms. The Kier molecular flexibility index (Phi) is 7.07. The maximum Gasteiger partial charge on any atom is 0.408 e. The van der Waals surface area contributed by atoms with Crippen LogP contribution in [0.5, 0.6) is 5.75 Å². The van der Waals surface area contributed by atoms with Crippen molar-refractivity contribution in [1.29, 1.82) is 0 Å². The summed E-state index contributed by atoms with van der Waals surface area (Å²) >= 11 is 0. The molecule has 0 spiro atoms. The smallest absolute Gasteiger partial charge is 0.408 e. The van der Waals surface area contributed by atoms with Crippen LogP contribution in [0.3, 0.4) is 0 Å². The summed E-state index contributed by atoms with van der Waals surface area (Å²) in [6, 6.07) is 13.2. The molecule has 31 heavy (non-hydrogen) atoms. The SMILES string of the molecule is CCC[C@H](NC(=O)OCc1ccccc1)C(=O)Oc1ccc2c(C)c(C)c(=O)oc2c1. The molecule has 7 nitrogen and oxygen atoms in total. The second-order valence-corrected chi connectivity index (χ2v) is 7.27. The molecule has 1 N–H and O–H groups in total. The van der Waals surface area contributed by atoms with Gasteiger partial charge in [-0.25, -0.2) is 14.4 Å². The van der Waals surface area contributed by atoms with Crippen molar-refractivity contribution < 1.29 is 23.5 Å². The van der Waals surface area contributed by atoms with Crippen LogP contribution >= 0.6 is 0 Å². The highest BCUT2D eigenvalue weighted by Gasteiger charge is 2.23. The van der Waals surface area contributed by atoms with Crippen molar-refractivity contribution in [3.8, 4) is 5.75 Å². The largest absolute Gasteiger partial charge is 0.445 e. The molecule has 3 rings (SSSR count). The Morgan fingerprint density at radius 3 is 2.52 bits per heavy atom. The van der Waals surface area contributed by atoms with Crippen molar-refractivity contribution in [2.45, 2.75) is 46.3 Å². The number of carbonyl (C=O) groups is 2. The third-order valence-electron chi connectivity index (χ3n) is 5.01. The maximum atomic E-state index is 12.7. The molecule has 0 unspecified atom stereocenters. The van der Waals surface area contributed by atoms with Crippen LogP contribution in [0.4, 0.5) is 4.79 Å². The summed E-state index contributed by atoms with van der Waals surface area (Å²) in [6.07, 6.45) is 0.346. The van der Waals surface area contributed by atoms with Crippen molar-refractivity contribution in [2.75, 3.05) is 0 Å². The number of benzene rings is 2. The quantitative estimate of drug-likeness (QED) is 0.344. The zero-order valence-corrected chi connectivity index (χ0v) is 17.8. The fourth-order valence-electron chi connectivity index (χ4n) is 3.12. The average molecular weight is 423 g/mol. The summed E-state index contributed by atoms with van der Waals surface area (Å²) in [7, 11) is 0. The van der Waals surface area contributed by atoms with Gasteiger partial charge < -0.3 is 19.2 Å². The molecular weight excluding hydrogens is 398 g/mol. The number of amides is 1. The number of ether oxygens (including phenoxy) is 2. The lowest BCUT2D eigenvalue weighted by Crippen LogP contribution is -2.43. The monoisotopic (exact) mass is 423 g/mol. The van der Waals surface area contributed by atoms with Crippen LogP contribution in [-0.4, -0.2) is 18.1 Å². The Hall–Kier alpha value is -3.61. The fourth-order valence-corrected chi connectivity index (χ4v) is 3.12. The molecule has 0 fully saturated rings. The summed E-state index contributed by atoms with van der Waals surface area (Å²) in [4.78, 5) is 36.7. The Balaban J connectivity index is 1.67. The average Bonchev–Trinajstić information content (AvgIpc) is 2.76. The normalized spacial score (nSPS) is 11.7. The number of hydrogen-bond donors (Lipinski definition) is 1. The minimum atomic E-state index is -0.865. The molecule has 1 heterocycles. The third kappa shape index (κ3) is 5.51. The highest BCUT2D eigenvalue weighted by Crippen LogP contribution is 2.24. The van der Waals surface area contributed by atoms with Gasteiger partial charge in [0.05, 0.1) is 0 Å². The van der Waals surface area contributed by atoms with Gasteiger partial charge in [0.25, 0.3) is 0 Å². The van der Waals surface area contributed by atoms with Gasteiger partial charge >= 0.3 is 17.7 Å². The van der Waals surface area contributed by atoms with E-state index in [0.29, 0.717) is 24.0 Å². The second kappa shape index (κ2) is 9.93. The number of carbonyl (C=O) groups excluding carboxylic acids is 2. The first-order valence-corrected chi connectivity index (χ1v) is 10.1. The van der Waals surface area contributed by atoms with E-state index in [-0.39, 0.29) is 12.4 Å². The van der Waals surface area contributed by atoms with E-state index >= 15 is 0 Å². The number of fused-ring (bicyclic) bond motifs is 1. The van der Waals surface area contributed by atoms with Gasteiger partial charge in [-0.1, -0.05) is 43.7 Å². The van der Waals surface area contributed by atoms with E-state index in [1.165, 1.54) is 6.07 Å². The van der Waals surface area contributed by atoms with E-state index in [9.17, 15) is 14.4 Å². The molecule has 1 aromatic heterocycles. The first-order chi connectivity index (χ1) is 14.9. The van der Waals surface area contributed by atoms with Crippen molar-refractivity contribution in [3.05, 3.63) is 75.6 Å². The molecule has 1 amide bonds. The highest BCUT2D eigenvalue weighted by atomic mass is 16.6. The van der Waals surface area contributed by atoms with Gasteiger partial charge in [0.1, 0.15) is 24.0 Å². The molecule has 2 aromatic carbocycles. The summed E-state index contributed by atoms with van der Waals surface area (Å²) in [5, 5.41) is 3.33. The Labute approximate surface area is 180 Å². The lowest BCUT2D eigenvalue weighted by Gasteiger charge is -2.17. The first kappa shape index (κ1) is 22.1. The molecule has 0 aliphatic rings. The molecule has 162 valence electrons. The zero-order valence-electron chi connectivity index (χ0n) is 17.8. The third-order valence-corrected chi connectivity index (χ3v) is 5.01. The molecule has 0 saturated carbocycles.